The number of halogens is 1. The number of likely N-dealkylation sites (tertiary alicyclic amines) is 1. The predicted octanol–water partition coefficient (Wildman–Crippen LogP) is 4.82. The molecular weight excluding hydrogens is 502 g/mol. The molecule has 0 atom stereocenters. The van der Waals surface area contributed by atoms with E-state index >= 15 is 0 Å². The van der Waals surface area contributed by atoms with Gasteiger partial charge < -0.3 is 26.4 Å². The van der Waals surface area contributed by atoms with Crippen LogP contribution in [0.5, 0.6) is 5.75 Å². The van der Waals surface area contributed by atoms with E-state index < -0.39 is 5.41 Å². The molecule has 0 unspecified atom stereocenters. The van der Waals surface area contributed by atoms with Gasteiger partial charge in [-0.25, -0.2) is 4.98 Å². The number of anilines is 4. The third-order valence-electron chi connectivity index (χ3n) is 7.57. The Morgan fingerprint density at radius 1 is 1.24 bits per heavy atom. The van der Waals surface area contributed by atoms with Crippen LogP contribution in [-0.4, -0.2) is 47.6 Å². The topological polar surface area (TPSA) is 117 Å². The van der Waals surface area contributed by atoms with Crippen LogP contribution >= 0.6 is 11.6 Å². The van der Waals surface area contributed by atoms with Gasteiger partial charge in [0.15, 0.2) is 5.82 Å². The summed E-state index contributed by atoms with van der Waals surface area (Å²) < 4.78 is 5.70. The van der Waals surface area contributed by atoms with E-state index in [-0.39, 0.29) is 5.91 Å². The zero-order valence-corrected chi connectivity index (χ0v) is 22.7. The lowest BCUT2D eigenvalue weighted by Gasteiger charge is -2.31. The van der Waals surface area contributed by atoms with E-state index in [9.17, 15) is 4.79 Å². The maximum absolute atomic E-state index is 12.4. The summed E-state index contributed by atoms with van der Waals surface area (Å²) in [5.74, 6) is 2.11. The number of hydrogen-bond donors (Lipinski definition) is 4. The van der Waals surface area contributed by atoms with Crippen LogP contribution in [0.25, 0.3) is 0 Å². The molecule has 1 aromatic heterocycles. The highest BCUT2D eigenvalue weighted by Crippen LogP contribution is 2.40. The number of carbonyl (C=O) groups excluding carboxylic acids is 1. The number of hydrogen-bond acceptors (Lipinski definition) is 8. The maximum atomic E-state index is 12.4. The number of benzene rings is 2. The molecule has 0 spiro atoms. The van der Waals surface area contributed by atoms with E-state index in [0.717, 1.165) is 54.2 Å². The molecule has 200 valence electrons. The fraction of sp³-hybridized carbons (Fsp3) is 0.393. The quantitative estimate of drug-likeness (QED) is 0.324. The van der Waals surface area contributed by atoms with Gasteiger partial charge in [-0.2, -0.15) is 4.98 Å². The van der Waals surface area contributed by atoms with E-state index in [1.165, 1.54) is 5.56 Å². The smallest absolute Gasteiger partial charge is 0.234 e. The van der Waals surface area contributed by atoms with Gasteiger partial charge in [0.05, 0.1) is 24.4 Å². The fourth-order valence-electron chi connectivity index (χ4n) is 5.35. The lowest BCUT2D eigenvalue weighted by molar-refractivity contribution is -0.119. The van der Waals surface area contributed by atoms with Crippen molar-refractivity contribution in [2.75, 3.05) is 42.8 Å². The van der Waals surface area contributed by atoms with Crippen molar-refractivity contribution in [3.63, 3.8) is 0 Å². The molecule has 5 rings (SSSR count). The number of amides is 1. The van der Waals surface area contributed by atoms with Crippen molar-refractivity contribution in [1.82, 2.24) is 14.9 Å². The number of nitrogens with one attached hydrogen (secondary N) is 3. The summed E-state index contributed by atoms with van der Waals surface area (Å²) in [4.78, 5) is 23.7. The average molecular weight is 536 g/mol. The first-order valence-electron chi connectivity index (χ1n) is 12.9. The molecule has 0 saturated carbocycles. The zero-order chi connectivity index (χ0) is 26.9. The monoisotopic (exact) mass is 535 g/mol. The second kappa shape index (κ2) is 10.8. The number of aromatic nitrogens is 2. The Labute approximate surface area is 228 Å². The molecule has 38 heavy (non-hydrogen) atoms. The molecule has 0 radical (unpaired) electrons. The van der Waals surface area contributed by atoms with Gasteiger partial charge in [-0.1, -0.05) is 29.8 Å². The van der Waals surface area contributed by atoms with Gasteiger partial charge in [-0.05, 0) is 80.6 Å². The minimum atomic E-state index is -0.611. The second-order valence-corrected chi connectivity index (χ2v) is 10.7. The highest BCUT2D eigenvalue weighted by Gasteiger charge is 2.39. The Bertz CT molecular complexity index is 1340. The van der Waals surface area contributed by atoms with E-state index in [4.69, 9.17) is 22.1 Å². The first kappa shape index (κ1) is 26.2. The molecule has 1 amide bonds. The van der Waals surface area contributed by atoms with Gasteiger partial charge in [-0.15, -0.1) is 0 Å². The molecule has 3 heterocycles. The molecule has 2 aliphatic heterocycles. The molecule has 1 saturated heterocycles. The normalized spacial score (nSPS) is 17.1. The molecule has 2 aromatic carbocycles. The predicted molar refractivity (Wildman–Crippen MR) is 151 cm³/mol. The van der Waals surface area contributed by atoms with Gasteiger partial charge in [0.1, 0.15) is 10.8 Å². The van der Waals surface area contributed by atoms with Crippen LogP contribution < -0.4 is 26.4 Å². The Morgan fingerprint density at radius 3 is 2.76 bits per heavy atom. The van der Waals surface area contributed by atoms with Crippen molar-refractivity contribution >= 4 is 40.6 Å². The molecular formula is C28H34ClN7O2. The molecule has 9 nitrogen and oxygen atoms in total. The minimum absolute atomic E-state index is 0.00695. The standard InChI is InChI=1S/C28H34ClN7O2/c1-28(2)24-19(5-4-6-22(24)33-26(28)37)14-31-25-20(29)15-32-27(35-25)34-21-8-7-18(13-23(21)38-3)17-9-11-36(16-30)12-10-17/h4-8,13,15,17H,9-12,14,16,30H2,1-3H3,(H,33,37)(H2,31,32,34,35). The van der Waals surface area contributed by atoms with E-state index in [2.05, 4.69) is 43.0 Å². The lowest BCUT2D eigenvalue weighted by Crippen LogP contribution is -2.36. The molecule has 0 aliphatic carbocycles. The van der Waals surface area contributed by atoms with Crippen LogP contribution in [0.2, 0.25) is 5.02 Å². The number of carbonyl (C=O) groups is 1. The van der Waals surface area contributed by atoms with Crippen molar-refractivity contribution in [2.45, 2.75) is 44.6 Å². The first-order valence-corrected chi connectivity index (χ1v) is 13.3. The van der Waals surface area contributed by atoms with Crippen molar-refractivity contribution in [3.05, 3.63) is 64.3 Å². The van der Waals surface area contributed by atoms with Crippen molar-refractivity contribution < 1.29 is 9.53 Å². The number of rotatable bonds is 8. The highest BCUT2D eigenvalue weighted by atomic mass is 35.5. The van der Waals surface area contributed by atoms with Crippen molar-refractivity contribution in [1.29, 1.82) is 0 Å². The summed E-state index contributed by atoms with van der Waals surface area (Å²) >= 11 is 6.43. The van der Waals surface area contributed by atoms with E-state index in [1.54, 1.807) is 13.3 Å². The third kappa shape index (κ3) is 5.14. The summed E-state index contributed by atoms with van der Waals surface area (Å²) in [7, 11) is 1.66. The fourth-order valence-corrected chi connectivity index (χ4v) is 5.50. The van der Waals surface area contributed by atoms with Crippen LogP contribution in [0.4, 0.5) is 23.1 Å². The first-order chi connectivity index (χ1) is 18.3. The van der Waals surface area contributed by atoms with E-state index in [1.807, 2.05) is 38.1 Å². The number of nitrogens with two attached hydrogens (primary N) is 1. The molecule has 0 bridgehead atoms. The lowest BCUT2D eigenvalue weighted by atomic mass is 9.83. The largest absolute Gasteiger partial charge is 0.495 e. The van der Waals surface area contributed by atoms with Gasteiger partial charge in [-0.3, -0.25) is 9.69 Å². The van der Waals surface area contributed by atoms with Crippen molar-refractivity contribution in [2.24, 2.45) is 5.73 Å². The molecule has 2 aliphatic rings. The van der Waals surface area contributed by atoms with Crippen LogP contribution in [-0.2, 0) is 16.8 Å². The molecule has 1 fully saturated rings. The summed E-state index contributed by atoms with van der Waals surface area (Å²) in [6, 6.07) is 12.1. The minimum Gasteiger partial charge on any atom is -0.495 e. The van der Waals surface area contributed by atoms with E-state index in [0.29, 0.717) is 35.9 Å². The summed E-state index contributed by atoms with van der Waals surface area (Å²) in [5.41, 5.74) is 10.0. The highest BCUT2D eigenvalue weighted by molar-refractivity contribution is 6.32. The summed E-state index contributed by atoms with van der Waals surface area (Å²) in [6.45, 7) is 6.94. The molecule has 3 aromatic rings. The number of nitrogens with zero attached hydrogens (tertiary/aromatic N) is 3. The number of fused-ring (bicyclic) bond motifs is 1. The molecule has 10 heteroatoms. The van der Waals surface area contributed by atoms with Gasteiger partial charge in [0, 0.05) is 18.9 Å². The Kier molecular flexibility index (Phi) is 7.43. The Morgan fingerprint density at radius 2 is 2.03 bits per heavy atom. The Balaban J connectivity index is 1.31. The van der Waals surface area contributed by atoms with Crippen LogP contribution in [0.3, 0.4) is 0 Å². The number of ether oxygens (including phenoxy) is 1. The summed E-state index contributed by atoms with van der Waals surface area (Å²) in [6.07, 6.45) is 3.72. The zero-order valence-electron chi connectivity index (χ0n) is 22.0. The number of methoxy groups -OCH3 is 1. The second-order valence-electron chi connectivity index (χ2n) is 10.3. The molecule has 5 N–H and O–H groups in total. The van der Waals surface area contributed by atoms with Crippen LogP contribution in [0.1, 0.15) is 49.3 Å². The maximum Gasteiger partial charge on any atom is 0.234 e. The van der Waals surface area contributed by atoms with Crippen molar-refractivity contribution in [3.8, 4) is 5.75 Å². The summed E-state index contributed by atoms with van der Waals surface area (Å²) in [5, 5.41) is 9.96. The van der Waals surface area contributed by atoms with Gasteiger partial charge in [0.25, 0.3) is 0 Å². The average Bonchev–Trinajstić information content (AvgIpc) is 3.17. The van der Waals surface area contributed by atoms with Gasteiger partial charge in [0.2, 0.25) is 11.9 Å². The third-order valence-corrected chi connectivity index (χ3v) is 7.85. The number of piperidine rings is 1. The van der Waals surface area contributed by atoms with Gasteiger partial charge >= 0.3 is 0 Å². The Hall–Kier alpha value is -3.40. The SMILES string of the molecule is COc1cc(C2CCN(CN)CC2)ccc1Nc1ncc(Cl)c(NCc2cccc3c2C(C)(C)C(=O)N3)n1. The van der Waals surface area contributed by atoms with Crippen LogP contribution in [0.15, 0.2) is 42.6 Å². The van der Waals surface area contributed by atoms with Crippen LogP contribution in [0, 0.1) is 0 Å².